The van der Waals surface area contributed by atoms with E-state index in [0.717, 1.165) is 5.56 Å². The highest BCUT2D eigenvalue weighted by atomic mass is 35.5. The Bertz CT molecular complexity index is 1240. The molecular weight excluding hydrogens is 524 g/mol. The molecule has 3 aromatic rings. The Morgan fingerprint density at radius 1 is 1.03 bits per heavy atom. The minimum atomic E-state index is -3.83. The standard InChI is InChI=1S/C25H25ClN2O4S.H2S2/c26-21-9-5-10-22(16-21)27-25(30)19-8-4-11-23(15-19)33(31,32)28-13-12-24(29)20(17-28)14-18-6-2-1-3-7-18;1-2/h1-11,15-16,20,24,29H,12-14,17H2,(H,27,30);1-2H. The number of hydrogen-bond acceptors (Lipinski definition) is 6. The van der Waals surface area contributed by atoms with Crippen LogP contribution in [0.5, 0.6) is 0 Å². The summed E-state index contributed by atoms with van der Waals surface area (Å²) in [4.78, 5) is 12.7. The Morgan fingerprint density at radius 3 is 2.46 bits per heavy atom. The van der Waals surface area contributed by atoms with Crippen molar-refractivity contribution >= 4 is 56.5 Å². The normalized spacial score (nSPS) is 18.3. The molecule has 0 bridgehead atoms. The summed E-state index contributed by atoms with van der Waals surface area (Å²) < 4.78 is 28.1. The fraction of sp³-hybridized carbons (Fsp3) is 0.240. The zero-order valence-electron chi connectivity index (χ0n) is 18.8. The van der Waals surface area contributed by atoms with Crippen LogP contribution in [0.25, 0.3) is 0 Å². The molecule has 0 spiro atoms. The molecule has 1 fully saturated rings. The average Bonchev–Trinajstić information content (AvgIpc) is 2.87. The number of nitrogens with zero attached hydrogens (tertiary/aromatic N) is 1. The summed E-state index contributed by atoms with van der Waals surface area (Å²) in [5.74, 6) is -0.629. The zero-order chi connectivity index (χ0) is 25.4. The number of aliphatic hydroxyl groups is 1. The largest absolute Gasteiger partial charge is 0.393 e. The number of anilines is 1. The van der Waals surface area contributed by atoms with E-state index in [4.69, 9.17) is 11.6 Å². The Kier molecular flexibility index (Phi) is 10.1. The number of hydrogen-bond donors (Lipinski definition) is 4. The Hall–Kier alpha value is -2.01. The van der Waals surface area contributed by atoms with Gasteiger partial charge in [0.25, 0.3) is 5.91 Å². The van der Waals surface area contributed by atoms with Crippen molar-refractivity contribution in [3.8, 4) is 0 Å². The number of amides is 1. The van der Waals surface area contributed by atoms with E-state index < -0.39 is 22.0 Å². The lowest BCUT2D eigenvalue weighted by Gasteiger charge is -2.35. The van der Waals surface area contributed by atoms with Crippen LogP contribution < -0.4 is 5.32 Å². The van der Waals surface area contributed by atoms with Crippen molar-refractivity contribution < 1.29 is 18.3 Å². The molecule has 1 aliphatic heterocycles. The highest BCUT2D eigenvalue weighted by Crippen LogP contribution is 2.27. The highest BCUT2D eigenvalue weighted by Gasteiger charge is 2.35. The zero-order valence-corrected chi connectivity index (χ0v) is 22.1. The lowest BCUT2D eigenvalue weighted by Crippen LogP contribution is -2.46. The summed E-state index contributed by atoms with van der Waals surface area (Å²) in [5, 5.41) is 13.7. The summed E-state index contributed by atoms with van der Waals surface area (Å²) >= 11 is 12.4. The third kappa shape index (κ3) is 7.25. The first kappa shape index (κ1) is 27.6. The maximum Gasteiger partial charge on any atom is 0.255 e. The van der Waals surface area contributed by atoms with Gasteiger partial charge in [-0.3, -0.25) is 4.79 Å². The molecule has 1 amide bonds. The minimum absolute atomic E-state index is 0.0519. The van der Waals surface area contributed by atoms with Gasteiger partial charge in [0.15, 0.2) is 0 Å². The molecule has 0 saturated carbocycles. The topological polar surface area (TPSA) is 86.7 Å². The minimum Gasteiger partial charge on any atom is -0.393 e. The molecule has 3 aromatic carbocycles. The lowest BCUT2D eigenvalue weighted by atomic mass is 9.90. The molecule has 0 aliphatic carbocycles. The van der Waals surface area contributed by atoms with E-state index in [0.29, 0.717) is 23.6 Å². The summed E-state index contributed by atoms with van der Waals surface area (Å²) in [6.07, 6.45) is 0.397. The number of piperidine rings is 1. The first-order chi connectivity index (χ1) is 16.8. The number of thiol groups is 2. The second-order valence-corrected chi connectivity index (χ2v) is 10.5. The van der Waals surface area contributed by atoms with Crippen LogP contribution in [0, 0.1) is 5.92 Å². The highest BCUT2D eigenvalue weighted by molar-refractivity contribution is 8.59. The van der Waals surface area contributed by atoms with Crippen LogP contribution in [0.1, 0.15) is 22.3 Å². The molecule has 0 radical (unpaired) electrons. The third-order valence-electron chi connectivity index (χ3n) is 5.81. The predicted molar refractivity (Wildman–Crippen MR) is 147 cm³/mol. The molecule has 35 heavy (non-hydrogen) atoms. The van der Waals surface area contributed by atoms with E-state index in [1.54, 1.807) is 36.4 Å². The maximum atomic E-state index is 13.4. The SMILES string of the molecule is O=C(Nc1cccc(Cl)c1)c1cccc(S(=O)(=O)N2CCC(O)C(Cc3ccccc3)C2)c1.SS. The molecule has 2 atom stereocenters. The number of nitrogens with one attached hydrogen (secondary N) is 1. The quantitative estimate of drug-likeness (QED) is 0.258. The van der Waals surface area contributed by atoms with E-state index >= 15 is 0 Å². The van der Waals surface area contributed by atoms with Gasteiger partial charge in [-0.05, 0) is 54.8 Å². The third-order valence-corrected chi connectivity index (χ3v) is 7.91. The number of benzene rings is 3. The molecule has 1 saturated heterocycles. The Labute approximate surface area is 221 Å². The summed E-state index contributed by atoms with van der Waals surface area (Å²) in [6.45, 7) is 0.449. The van der Waals surface area contributed by atoms with Crippen LogP contribution in [0.2, 0.25) is 5.02 Å². The van der Waals surface area contributed by atoms with Crippen LogP contribution in [0.3, 0.4) is 0 Å². The van der Waals surface area contributed by atoms with E-state index in [1.165, 1.54) is 16.4 Å². The van der Waals surface area contributed by atoms with Crippen LogP contribution in [-0.4, -0.2) is 42.9 Å². The van der Waals surface area contributed by atoms with Crippen molar-refractivity contribution in [1.82, 2.24) is 4.31 Å². The van der Waals surface area contributed by atoms with Gasteiger partial charge in [-0.1, -0.05) is 54.1 Å². The summed E-state index contributed by atoms with van der Waals surface area (Å²) in [5.41, 5.74) is 1.81. The maximum absolute atomic E-state index is 13.4. The van der Waals surface area contributed by atoms with E-state index in [-0.39, 0.29) is 29.5 Å². The van der Waals surface area contributed by atoms with Gasteiger partial charge in [0.2, 0.25) is 10.0 Å². The van der Waals surface area contributed by atoms with E-state index in [2.05, 4.69) is 28.6 Å². The fourth-order valence-corrected chi connectivity index (χ4v) is 5.79. The molecule has 186 valence electrons. The smallest absolute Gasteiger partial charge is 0.255 e. The van der Waals surface area contributed by atoms with E-state index in [9.17, 15) is 18.3 Å². The second kappa shape index (κ2) is 12.8. The van der Waals surface area contributed by atoms with Crippen molar-refractivity contribution in [3.05, 3.63) is 95.0 Å². The van der Waals surface area contributed by atoms with Gasteiger partial charge in [0.05, 0.1) is 11.0 Å². The molecular formula is C25H27ClN2O4S3. The summed E-state index contributed by atoms with van der Waals surface area (Å²) in [7, 11) is -3.83. The van der Waals surface area contributed by atoms with Gasteiger partial charge >= 0.3 is 0 Å². The van der Waals surface area contributed by atoms with Gasteiger partial charge in [-0.15, -0.1) is 23.3 Å². The first-order valence-electron chi connectivity index (χ1n) is 10.9. The fourth-order valence-electron chi connectivity index (χ4n) is 4.04. The van der Waals surface area contributed by atoms with Crippen molar-refractivity contribution in [2.75, 3.05) is 18.4 Å². The number of carbonyl (C=O) groups excluding carboxylic acids is 1. The Morgan fingerprint density at radius 2 is 1.74 bits per heavy atom. The van der Waals surface area contributed by atoms with Gasteiger partial charge in [0.1, 0.15) is 0 Å². The molecule has 10 heteroatoms. The molecule has 6 nitrogen and oxygen atoms in total. The molecule has 1 heterocycles. The van der Waals surface area contributed by atoms with Gasteiger partial charge in [-0.25, -0.2) is 8.42 Å². The monoisotopic (exact) mass is 550 g/mol. The van der Waals surface area contributed by atoms with Gasteiger partial charge in [0, 0.05) is 35.3 Å². The number of sulfonamides is 1. The number of carbonyl (C=O) groups is 1. The van der Waals surface area contributed by atoms with Crippen LogP contribution in [0.4, 0.5) is 5.69 Å². The van der Waals surface area contributed by atoms with Crippen LogP contribution in [0.15, 0.2) is 83.8 Å². The predicted octanol–water partition coefficient (Wildman–Crippen LogP) is 4.97. The van der Waals surface area contributed by atoms with Crippen molar-refractivity contribution in [2.24, 2.45) is 5.92 Å². The second-order valence-electron chi connectivity index (χ2n) is 8.16. The average molecular weight is 551 g/mol. The molecule has 0 aromatic heterocycles. The molecule has 4 rings (SSSR count). The number of rotatable bonds is 6. The molecule has 2 unspecified atom stereocenters. The van der Waals surface area contributed by atoms with Crippen molar-refractivity contribution in [2.45, 2.75) is 23.8 Å². The lowest BCUT2D eigenvalue weighted by molar-refractivity contribution is 0.0540. The van der Waals surface area contributed by atoms with Crippen molar-refractivity contribution in [1.29, 1.82) is 0 Å². The summed E-state index contributed by atoms with van der Waals surface area (Å²) in [6, 6.07) is 22.5. The Balaban J connectivity index is 0.00000167. The van der Waals surface area contributed by atoms with Crippen LogP contribution in [-0.2, 0) is 16.4 Å². The van der Waals surface area contributed by atoms with Gasteiger partial charge in [-0.2, -0.15) is 4.31 Å². The molecule has 1 aliphatic rings. The molecule has 2 N–H and O–H groups in total. The van der Waals surface area contributed by atoms with Gasteiger partial charge < -0.3 is 10.4 Å². The van der Waals surface area contributed by atoms with E-state index in [1.807, 2.05) is 30.3 Å². The van der Waals surface area contributed by atoms with Crippen molar-refractivity contribution in [3.63, 3.8) is 0 Å². The number of aliphatic hydroxyl groups excluding tert-OH is 1. The number of halogens is 1. The van der Waals surface area contributed by atoms with Crippen LogP contribution >= 0.6 is 34.9 Å². The first-order valence-corrected chi connectivity index (χ1v) is 14.3.